The lowest BCUT2D eigenvalue weighted by Gasteiger charge is -2.48. The number of carbonyl (C=O) groups is 1. The normalized spacial score (nSPS) is 20.4. The van der Waals surface area contributed by atoms with Crippen LogP contribution in [0.2, 0.25) is 0 Å². The molecule has 0 aromatic heterocycles. The number of allylic oxidation sites excluding steroid dienone is 2. The number of anilines is 1. The predicted molar refractivity (Wildman–Crippen MR) is 140 cm³/mol. The minimum atomic E-state index is -0.935. The zero-order chi connectivity index (χ0) is 27.3. The molecule has 3 aliphatic rings. The third-order valence-electron chi connectivity index (χ3n) is 7.76. The van der Waals surface area contributed by atoms with Crippen molar-refractivity contribution in [3.63, 3.8) is 0 Å². The number of nitrogens with zero attached hydrogens (tertiary/aromatic N) is 4. The van der Waals surface area contributed by atoms with Crippen LogP contribution < -0.4 is 9.64 Å². The molecule has 0 atom stereocenters. The summed E-state index contributed by atoms with van der Waals surface area (Å²) in [6, 6.07) is 7.86. The Hall–Kier alpha value is -4.02. The van der Waals surface area contributed by atoms with E-state index in [1.54, 1.807) is 19.9 Å². The maximum atomic E-state index is 12.3. The van der Waals surface area contributed by atoms with Gasteiger partial charge in [-0.05, 0) is 49.1 Å². The molecule has 4 rings (SSSR count). The van der Waals surface area contributed by atoms with E-state index in [0.29, 0.717) is 11.3 Å². The summed E-state index contributed by atoms with van der Waals surface area (Å²) in [6.07, 6.45) is 5.58. The van der Waals surface area contributed by atoms with E-state index in [0.717, 1.165) is 37.1 Å². The Morgan fingerprint density at radius 1 is 1.03 bits per heavy atom. The van der Waals surface area contributed by atoms with Gasteiger partial charge in [0.25, 0.3) is 0 Å². The molecule has 190 valence electrons. The van der Waals surface area contributed by atoms with E-state index in [1.165, 1.54) is 18.2 Å². The van der Waals surface area contributed by atoms with Gasteiger partial charge in [0.1, 0.15) is 35.1 Å². The van der Waals surface area contributed by atoms with Crippen molar-refractivity contribution in [2.24, 2.45) is 0 Å². The maximum Gasteiger partial charge on any atom is 0.308 e. The number of esters is 1. The maximum absolute atomic E-state index is 12.3. The standard InChI is InChI=1S/C30H32N4O3/c1-18(35)36-27-19(8-9-22-21(17-33)26(20(15-31)16-32)37-30(22,6)7)14-23-25-24(27)29(4,5)11-13-34(25)12-10-28(23,2)3/h8-9,14H,10-13H2,1-7H3/b9-8+. The first-order valence-electron chi connectivity index (χ1n) is 12.5. The number of benzene rings is 1. The molecule has 0 amide bonds. The number of nitriles is 3. The molecule has 0 fully saturated rings. The van der Waals surface area contributed by atoms with Crippen LogP contribution in [0.3, 0.4) is 0 Å². The van der Waals surface area contributed by atoms with Crippen molar-refractivity contribution in [2.75, 3.05) is 18.0 Å². The van der Waals surface area contributed by atoms with Gasteiger partial charge in [0, 0.05) is 42.4 Å². The highest BCUT2D eigenvalue weighted by Crippen LogP contribution is 2.54. The van der Waals surface area contributed by atoms with Gasteiger partial charge in [-0.3, -0.25) is 4.79 Å². The van der Waals surface area contributed by atoms with E-state index in [9.17, 15) is 20.6 Å². The molecule has 0 spiro atoms. The summed E-state index contributed by atoms with van der Waals surface area (Å²) in [6.45, 7) is 15.8. The Labute approximate surface area is 218 Å². The van der Waals surface area contributed by atoms with Crippen molar-refractivity contribution < 1.29 is 14.3 Å². The Balaban J connectivity index is 2.00. The molecule has 7 heteroatoms. The van der Waals surface area contributed by atoms with Gasteiger partial charge >= 0.3 is 5.97 Å². The number of ether oxygens (including phenoxy) is 2. The fraction of sp³-hybridized carbons (Fsp3) is 0.467. The van der Waals surface area contributed by atoms with Crippen LogP contribution in [0.15, 0.2) is 34.6 Å². The lowest BCUT2D eigenvalue weighted by Crippen LogP contribution is -2.45. The fourth-order valence-corrected chi connectivity index (χ4v) is 5.60. The fourth-order valence-electron chi connectivity index (χ4n) is 5.60. The summed E-state index contributed by atoms with van der Waals surface area (Å²) >= 11 is 0. The summed E-state index contributed by atoms with van der Waals surface area (Å²) in [5.74, 6) is 0.139. The molecule has 37 heavy (non-hydrogen) atoms. The van der Waals surface area contributed by atoms with Gasteiger partial charge in [0.15, 0.2) is 11.3 Å². The Morgan fingerprint density at radius 3 is 2.22 bits per heavy atom. The largest absolute Gasteiger partial charge is 0.480 e. The molecule has 0 unspecified atom stereocenters. The van der Waals surface area contributed by atoms with Gasteiger partial charge in [0.2, 0.25) is 0 Å². The van der Waals surface area contributed by atoms with Gasteiger partial charge < -0.3 is 14.4 Å². The van der Waals surface area contributed by atoms with E-state index < -0.39 is 11.6 Å². The summed E-state index contributed by atoms with van der Waals surface area (Å²) in [7, 11) is 0. The minimum absolute atomic E-state index is 0.00389. The molecular weight excluding hydrogens is 464 g/mol. The predicted octanol–water partition coefficient (Wildman–Crippen LogP) is 5.72. The van der Waals surface area contributed by atoms with Crippen LogP contribution in [0.25, 0.3) is 6.08 Å². The van der Waals surface area contributed by atoms with E-state index in [1.807, 2.05) is 18.2 Å². The summed E-state index contributed by atoms with van der Waals surface area (Å²) in [5.41, 5.74) is 3.41. The van der Waals surface area contributed by atoms with Crippen molar-refractivity contribution in [3.8, 4) is 24.0 Å². The van der Waals surface area contributed by atoms with Crippen LogP contribution in [0.4, 0.5) is 5.69 Å². The minimum Gasteiger partial charge on any atom is -0.480 e. The molecular formula is C30H32N4O3. The molecule has 1 aromatic carbocycles. The summed E-state index contributed by atoms with van der Waals surface area (Å²) < 4.78 is 11.8. The summed E-state index contributed by atoms with van der Waals surface area (Å²) in [5, 5.41) is 28.6. The van der Waals surface area contributed by atoms with Crippen LogP contribution >= 0.6 is 0 Å². The molecule has 3 aliphatic heterocycles. The van der Waals surface area contributed by atoms with Crippen molar-refractivity contribution >= 4 is 17.7 Å². The molecule has 0 saturated carbocycles. The zero-order valence-corrected chi connectivity index (χ0v) is 22.6. The zero-order valence-electron chi connectivity index (χ0n) is 22.6. The van der Waals surface area contributed by atoms with E-state index in [4.69, 9.17) is 9.47 Å². The van der Waals surface area contributed by atoms with E-state index in [-0.39, 0.29) is 27.7 Å². The average Bonchev–Trinajstić information content (AvgIpc) is 3.06. The second-order valence-corrected chi connectivity index (χ2v) is 11.7. The highest BCUT2D eigenvalue weighted by Gasteiger charge is 2.43. The van der Waals surface area contributed by atoms with Crippen molar-refractivity contribution in [2.45, 2.75) is 77.7 Å². The van der Waals surface area contributed by atoms with E-state index >= 15 is 0 Å². The smallest absolute Gasteiger partial charge is 0.308 e. The molecule has 0 N–H and O–H groups in total. The number of hydrogen-bond donors (Lipinski definition) is 0. The Bertz CT molecular complexity index is 1400. The lowest BCUT2D eigenvalue weighted by molar-refractivity contribution is -0.132. The van der Waals surface area contributed by atoms with Crippen LogP contribution in [-0.2, 0) is 20.4 Å². The monoisotopic (exact) mass is 496 g/mol. The molecule has 1 aromatic rings. The molecule has 0 saturated heterocycles. The molecule has 3 heterocycles. The first-order valence-corrected chi connectivity index (χ1v) is 12.5. The number of carbonyl (C=O) groups excluding carboxylic acids is 1. The second-order valence-electron chi connectivity index (χ2n) is 11.7. The first kappa shape index (κ1) is 26.1. The summed E-state index contributed by atoms with van der Waals surface area (Å²) in [4.78, 5) is 14.7. The third-order valence-corrected chi connectivity index (χ3v) is 7.76. The van der Waals surface area contributed by atoms with Crippen LogP contribution in [0.1, 0.15) is 78.0 Å². The molecule has 0 radical (unpaired) electrons. The van der Waals surface area contributed by atoms with Crippen molar-refractivity contribution in [1.29, 1.82) is 15.8 Å². The van der Waals surface area contributed by atoms with Gasteiger partial charge in [0.05, 0.1) is 0 Å². The van der Waals surface area contributed by atoms with Gasteiger partial charge in [-0.2, -0.15) is 15.8 Å². The second kappa shape index (κ2) is 8.82. The average molecular weight is 497 g/mol. The third kappa shape index (κ3) is 4.28. The van der Waals surface area contributed by atoms with Gasteiger partial charge in [-0.25, -0.2) is 0 Å². The quantitative estimate of drug-likeness (QED) is 0.299. The highest BCUT2D eigenvalue weighted by molar-refractivity contribution is 5.81. The van der Waals surface area contributed by atoms with Crippen LogP contribution in [-0.4, -0.2) is 24.7 Å². The lowest BCUT2D eigenvalue weighted by atomic mass is 9.68. The molecule has 0 bridgehead atoms. The Morgan fingerprint density at radius 2 is 1.65 bits per heavy atom. The van der Waals surface area contributed by atoms with Crippen molar-refractivity contribution in [1.82, 2.24) is 0 Å². The molecule has 0 aliphatic carbocycles. The molecule has 7 nitrogen and oxygen atoms in total. The van der Waals surface area contributed by atoms with E-state index in [2.05, 4.69) is 44.7 Å². The van der Waals surface area contributed by atoms with Crippen LogP contribution in [0.5, 0.6) is 5.75 Å². The number of rotatable bonds is 3. The highest BCUT2D eigenvalue weighted by atomic mass is 16.5. The van der Waals surface area contributed by atoms with Gasteiger partial charge in [-0.1, -0.05) is 39.8 Å². The first-order chi connectivity index (χ1) is 17.3. The van der Waals surface area contributed by atoms with Crippen LogP contribution in [0, 0.1) is 34.0 Å². The number of hydrogen-bond acceptors (Lipinski definition) is 7. The SMILES string of the molecule is CC(=O)Oc1c(/C=C/C2=C(C#N)C(=C(C#N)C#N)OC2(C)C)cc2c3c1C(C)(C)CCN3CCC2(C)C. The van der Waals surface area contributed by atoms with Gasteiger partial charge in [-0.15, -0.1) is 0 Å². The topological polar surface area (TPSA) is 110 Å². The van der Waals surface area contributed by atoms with Crippen molar-refractivity contribution in [3.05, 3.63) is 51.3 Å². The Kier molecular flexibility index (Phi) is 6.21.